The van der Waals surface area contributed by atoms with Gasteiger partial charge in [0, 0.05) is 12.3 Å². The predicted molar refractivity (Wildman–Crippen MR) is 93.3 cm³/mol. The van der Waals surface area contributed by atoms with Crippen molar-refractivity contribution in [3.05, 3.63) is 72.0 Å². The Balaban J connectivity index is 1.87. The molecule has 0 bridgehead atoms. The van der Waals surface area contributed by atoms with Crippen molar-refractivity contribution in [2.75, 3.05) is 11.9 Å². The average Bonchev–Trinajstić information content (AvgIpc) is 2.55. The Morgan fingerprint density at radius 2 is 1.96 bits per heavy atom. The van der Waals surface area contributed by atoms with E-state index < -0.39 is 0 Å². The van der Waals surface area contributed by atoms with Gasteiger partial charge in [-0.1, -0.05) is 23.8 Å². The van der Waals surface area contributed by atoms with Gasteiger partial charge in [0.05, 0.1) is 0 Å². The number of nitrogens with zero attached hydrogens (tertiary/aromatic N) is 1. The van der Waals surface area contributed by atoms with E-state index in [4.69, 9.17) is 4.74 Å². The van der Waals surface area contributed by atoms with Crippen LogP contribution in [0.5, 0.6) is 5.75 Å². The lowest BCUT2D eigenvalue weighted by molar-refractivity contribution is -0.111. The number of carbonyl (C=O) groups excluding carboxylic acids is 1. The van der Waals surface area contributed by atoms with E-state index in [9.17, 15) is 4.79 Å². The summed E-state index contributed by atoms with van der Waals surface area (Å²) in [6.45, 7) is 4.63. The van der Waals surface area contributed by atoms with Crippen LogP contribution in [0.1, 0.15) is 19.4 Å². The SMILES string of the molecule is CC(C)=CCOc1ccc(/C=C/C(=O)Nc2ccccn2)cc1. The minimum absolute atomic E-state index is 0.215. The molecule has 1 N–H and O–H groups in total. The molecule has 4 nitrogen and oxygen atoms in total. The van der Waals surface area contributed by atoms with Gasteiger partial charge in [-0.05, 0) is 55.8 Å². The molecule has 0 saturated heterocycles. The smallest absolute Gasteiger partial charge is 0.249 e. The van der Waals surface area contributed by atoms with E-state index in [2.05, 4.69) is 10.3 Å². The van der Waals surface area contributed by atoms with Gasteiger partial charge in [-0.15, -0.1) is 0 Å². The van der Waals surface area contributed by atoms with Gasteiger partial charge in [0.2, 0.25) is 5.91 Å². The maximum atomic E-state index is 11.8. The van der Waals surface area contributed by atoms with Crippen molar-refractivity contribution in [2.24, 2.45) is 0 Å². The van der Waals surface area contributed by atoms with Crippen molar-refractivity contribution in [1.82, 2.24) is 4.98 Å². The molecule has 1 amide bonds. The van der Waals surface area contributed by atoms with Crippen molar-refractivity contribution >= 4 is 17.8 Å². The molecule has 4 heteroatoms. The molecule has 0 saturated carbocycles. The molecule has 1 aromatic carbocycles. The monoisotopic (exact) mass is 308 g/mol. The van der Waals surface area contributed by atoms with Crippen LogP contribution in [0.3, 0.4) is 0 Å². The van der Waals surface area contributed by atoms with Crippen LogP contribution >= 0.6 is 0 Å². The van der Waals surface area contributed by atoms with Gasteiger partial charge in [0.1, 0.15) is 18.2 Å². The Kier molecular flexibility index (Phi) is 6.12. The van der Waals surface area contributed by atoms with E-state index in [1.54, 1.807) is 24.4 Å². The van der Waals surface area contributed by atoms with E-state index >= 15 is 0 Å². The zero-order valence-corrected chi connectivity index (χ0v) is 13.3. The molecule has 1 heterocycles. The van der Waals surface area contributed by atoms with Crippen molar-refractivity contribution in [1.29, 1.82) is 0 Å². The number of carbonyl (C=O) groups is 1. The number of anilines is 1. The van der Waals surface area contributed by atoms with Crippen molar-refractivity contribution < 1.29 is 9.53 Å². The van der Waals surface area contributed by atoms with Gasteiger partial charge in [-0.25, -0.2) is 4.98 Å². The molecule has 0 radical (unpaired) electrons. The number of ether oxygens (including phenoxy) is 1. The molecule has 0 fully saturated rings. The summed E-state index contributed by atoms with van der Waals surface area (Å²) in [5.41, 5.74) is 2.15. The molecule has 1 aromatic heterocycles. The summed E-state index contributed by atoms with van der Waals surface area (Å²) >= 11 is 0. The largest absolute Gasteiger partial charge is 0.490 e. The second-order valence-corrected chi connectivity index (χ2v) is 5.20. The van der Waals surface area contributed by atoms with E-state index in [0.717, 1.165) is 11.3 Å². The third kappa shape index (κ3) is 6.18. The lowest BCUT2D eigenvalue weighted by Gasteiger charge is -2.04. The minimum Gasteiger partial charge on any atom is -0.490 e. The average molecular weight is 308 g/mol. The molecular formula is C19H20N2O2. The van der Waals surface area contributed by atoms with Crippen LogP contribution in [-0.2, 0) is 4.79 Å². The normalized spacial score (nSPS) is 10.3. The van der Waals surface area contributed by atoms with Crippen molar-refractivity contribution in [3.8, 4) is 5.75 Å². The molecular weight excluding hydrogens is 288 g/mol. The van der Waals surface area contributed by atoms with Crippen LogP contribution in [0.4, 0.5) is 5.82 Å². The zero-order chi connectivity index (χ0) is 16.5. The standard InChI is InChI=1S/C19H20N2O2/c1-15(2)12-14-23-17-9-6-16(7-10-17)8-11-19(22)21-18-5-3-4-13-20-18/h3-13H,14H2,1-2H3,(H,20,21,22)/b11-8+. The van der Waals surface area contributed by atoms with E-state index in [0.29, 0.717) is 12.4 Å². The Morgan fingerprint density at radius 3 is 2.61 bits per heavy atom. The molecule has 0 aliphatic heterocycles. The highest BCUT2D eigenvalue weighted by atomic mass is 16.5. The highest BCUT2D eigenvalue weighted by molar-refractivity contribution is 6.01. The first-order valence-electron chi connectivity index (χ1n) is 7.40. The number of hydrogen-bond acceptors (Lipinski definition) is 3. The molecule has 23 heavy (non-hydrogen) atoms. The number of pyridine rings is 1. The summed E-state index contributed by atoms with van der Waals surface area (Å²) in [5, 5.41) is 2.69. The van der Waals surface area contributed by atoms with Crippen LogP contribution in [0.25, 0.3) is 6.08 Å². The molecule has 0 aliphatic rings. The molecule has 0 spiro atoms. The number of benzene rings is 1. The second kappa shape index (κ2) is 8.54. The third-order valence-electron chi connectivity index (χ3n) is 2.97. The number of aromatic nitrogens is 1. The van der Waals surface area contributed by atoms with Gasteiger partial charge >= 0.3 is 0 Å². The summed E-state index contributed by atoms with van der Waals surface area (Å²) in [4.78, 5) is 15.8. The quantitative estimate of drug-likeness (QED) is 0.646. The third-order valence-corrected chi connectivity index (χ3v) is 2.97. The minimum atomic E-state index is -0.215. The van der Waals surface area contributed by atoms with Crippen LogP contribution < -0.4 is 10.1 Å². The van der Waals surface area contributed by atoms with Gasteiger partial charge in [-0.2, -0.15) is 0 Å². The highest BCUT2D eigenvalue weighted by Gasteiger charge is 1.98. The van der Waals surface area contributed by atoms with Crippen LogP contribution in [0.15, 0.2) is 66.4 Å². The molecule has 2 rings (SSSR count). The van der Waals surface area contributed by atoms with Crippen LogP contribution in [-0.4, -0.2) is 17.5 Å². The lowest BCUT2D eigenvalue weighted by atomic mass is 10.2. The zero-order valence-electron chi connectivity index (χ0n) is 13.3. The van der Waals surface area contributed by atoms with Crippen molar-refractivity contribution in [3.63, 3.8) is 0 Å². The fraction of sp³-hybridized carbons (Fsp3) is 0.158. The van der Waals surface area contributed by atoms with E-state index in [1.165, 1.54) is 11.6 Å². The summed E-state index contributed by atoms with van der Waals surface area (Å²) in [5.74, 6) is 1.12. The lowest BCUT2D eigenvalue weighted by Crippen LogP contribution is -2.08. The van der Waals surface area contributed by atoms with Gasteiger partial charge in [0.15, 0.2) is 0 Å². The van der Waals surface area contributed by atoms with Gasteiger partial charge in [-0.3, -0.25) is 4.79 Å². The van der Waals surface area contributed by atoms with Crippen LogP contribution in [0, 0.1) is 0 Å². The Bertz CT molecular complexity index is 685. The maximum absolute atomic E-state index is 11.8. The van der Waals surface area contributed by atoms with E-state index in [-0.39, 0.29) is 5.91 Å². The number of hydrogen-bond donors (Lipinski definition) is 1. The first-order valence-corrected chi connectivity index (χ1v) is 7.40. The molecule has 0 atom stereocenters. The molecule has 118 valence electrons. The number of rotatable bonds is 6. The number of nitrogens with one attached hydrogen (secondary N) is 1. The van der Waals surface area contributed by atoms with Gasteiger partial charge < -0.3 is 10.1 Å². The fourth-order valence-electron chi connectivity index (χ4n) is 1.76. The predicted octanol–water partition coefficient (Wildman–Crippen LogP) is 4.08. The summed E-state index contributed by atoms with van der Waals surface area (Å²) in [6, 6.07) is 12.9. The molecule has 2 aromatic rings. The summed E-state index contributed by atoms with van der Waals surface area (Å²) in [6.07, 6.45) is 6.88. The topological polar surface area (TPSA) is 51.2 Å². The molecule has 0 unspecified atom stereocenters. The fourth-order valence-corrected chi connectivity index (χ4v) is 1.76. The Morgan fingerprint density at radius 1 is 1.17 bits per heavy atom. The first kappa shape index (κ1) is 16.5. The Hall–Kier alpha value is -2.88. The number of amides is 1. The Labute approximate surface area is 136 Å². The summed E-state index contributed by atoms with van der Waals surface area (Å²) < 4.78 is 5.59. The van der Waals surface area contributed by atoms with Gasteiger partial charge in [0.25, 0.3) is 0 Å². The maximum Gasteiger partial charge on any atom is 0.249 e. The second-order valence-electron chi connectivity index (χ2n) is 5.20. The van der Waals surface area contributed by atoms with Crippen molar-refractivity contribution in [2.45, 2.75) is 13.8 Å². The first-order chi connectivity index (χ1) is 11.1. The van der Waals surface area contributed by atoms with E-state index in [1.807, 2.05) is 50.3 Å². The number of allylic oxidation sites excluding steroid dienone is 1. The molecule has 0 aliphatic carbocycles. The highest BCUT2D eigenvalue weighted by Crippen LogP contribution is 2.13. The van der Waals surface area contributed by atoms with Crippen LogP contribution in [0.2, 0.25) is 0 Å². The summed E-state index contributed by atoms with van der Waals surface area (Å²) in [7, 11) is 0.